The Morgan fingerprint density at radius 2 is 1.79 bits per heavy atom. The Balaban J connectivity index is 1.21. The minimum absolute atomic E-state index is 0.465. The summed E-state index contributed by atoms with van der Waals surface area (Å²) in [6.45, 7) is 6.04. The molecule has 0 aromatic carbocycles. The van der Waals surface area contributed by atoms with Gasteiger partial charge < -0.3 is 4.90 Å². The van der Waals surface area contributed by atoms with E-state index < -0.39 is 0 Å². The summed E-state index contributed by atoms with van der Waals surface area (Å²) in [5.74, 6) is 0.606. The van der Waals surface area contributed by atoms with Gasteiger partial charge in [0.15, 0.2) is 0 Å². The van der Waals surface area contributed by atoms with Gasteiger partial charge in [0.2, 0.25) is 0 Å². The van der Waals surface area contributed by atoms with Crippen LogP contribution in [-0.2, 0) is 0 Å². The van der Waals surface area contributed by atoms with Gasteiger partial charge in [0.25, 0.3) is 0 Å². The van der Waals surface area contributed by atoms with E-state index in [0.717, 1.165) is 22.9 Å². The van der Waals surface area contributed by atoms with Crippen LogP contribution in [0.15, 0.2) is 23.8 Å². The third-order valence-electron chi connectivity index (χ3n) is 8.47. The number of pyridine rings is 1. The second-order valence-corrected chi connectivity index (χ2v) is 11.9. The lowest BCUT2D eigenvalue weighted by atomic mass is 9.81. The highest BCUT2D eigenvalue weighted by molar-refractivity contribution is 7.78. The Morgan fingerprint density at radius 3 is 2.53 bits per heavy atom. The van der Waals surface area contributed by atoms with Crippen molar-refractivity contribution in [3.05, 3.63) is 34.4 Å². The van der Waals surface area contributed by atoms with Crippen molar-refractivity contribution < 1.29 is 0 Å². The summed E-state index contributed by atoms with van der Waals surface area (Å²) in [5, 5.41) is 4.64. The smallest absolute Gasteiger partial charge is 0.150 e. The van der Waals surface area contributed by atoms with Crippen molar-refractivity contribution >= 4 is 35.2 Å². The van der Waals surface area contributed by atoms with Gasteiger partial charge in [0.1, 0.15) is 10.7 Å². The molecule has 0 radical (unpaired) electrons. The first-order chi connectivity index (χ1) is 16.6. The second-order valence-electron chi connectivity index (χ2n) is 10.6. The van der Waals surface area contributed by atoms with E-state index in [-0.39, 0.29) is 0 Å². The van der Waals surface area contributed by atoms with Gasteiger partial charge in [0.05, 0.1) is 11.7 Å². The molecule has 0 spiro atoms. The van der Waals surface area contributed by atoms with Gasteiger partial charge in [-0.2, -0.15) is 0 Å². The molecule has 34 heavy (non-hydrogen) atoms. The van der Waals surface area contributed by atoms with Gasteiger partial charge in [0, 0.05) is 60.9 Å². The maximum atomic E-state index is 5.08. The number of piperazine rings is 1. The highest BCUT2D eigenvalue weighted by Gasteiger charge is 2.29. The van der Waals surface area contributed by atoms with E-state index >= 15 is 0 Å². The zero-order chi connectivity index (χ0) is 23.2. The molecule has 3 aromatic heterocycles. The normalized spacial score (nSPS) is 27.7. The number of hydrogen-bond donors (Lipinski definition) is 1. The number of likely N-dealkylation sites (N-methyl/N-ethyl adjacent to an activating group) is 1. The molecule has 0 bridgehead atoms. The number of fused-ring (bicyclic) bond motifs is 1. The topological polar surface area (TPSA) is 40.4 Å². The maximum absolute atomic E-state index is 5.08. The molecule has 2 aliphatic heterocycles. The largest absolute Gasteiger partial charge is 0.304 e. The van der Waals surface area contributed by atoms with Crippen LogP contribution in [0.5, 0.6) is 0 Å². The molecule has 3 aliphatic rings. The molecule has 2 saturated heterocycles. The Labute approximate surface area is 212 Å². The summed E-state index contributed by atoms with van der Waals surface area (Å²) in [7, 11) is 4.45. The third-order valence-corrected chi connectivity index (χ3v) is 9.72. The molecule has 1 aliphatic carbocycles. The molecule has 1 unspecified atom stereocenters. The molecular weight excluding hydrogens is 460 g/mol. The van der Waals surface area contributed by atoms with Crippen molar-refractivity contribution in [3.8, 4) is 11.3 Å². The van der Waals surface area contributed by atoms with Crippen LogP contribution >= 0.6 is 24.2 Å². The van der Waals surface area contributed by atoms with Crippen LogP contribution < -0.4 is 0 Å². The fraction of sp³-hybridized carbons (Fsp3) is 0.615. The monoisotopic (exact) mass is 496 g/mol. The number of nitrogens with zero attached hydrogens (tertiary/aromatic N) is 6. The van der Waals surface area contributed by atoms with Crippen LogP contribution in [0.1, 0.15) is 61.1 Å². The standard InChI is InChI=1S/C26H36N6S2/c1-29-10-12-31(13-11-29)20-7-5-18(6-8-20)19-14-21-22(16-32(33)25(21)27-15-19)23-17-34-26(28-23)24-4-3-9-30(24)2/h14-18,20,24,33H,3-13H2,1-2H3/t18-,20+,24?. The summed E-state index contributed by atoms with van der Waals surface area (Å²) >= 11 is 6.47. The molecular formula is C26H36N6S2. The first-order valence-electron chi connectivity index (χ1n) is 12.9. The van der Waals surface area contributed by atoms with Crippen LogP contribution in [0, 0.1) is 0 Å². The lowest BCUT2D eigenvalue weighted by Crippen LogP contribution is -2.49. The number of thiol groups is 1. The quantitative estimate of drug-likeness (QED) is 0.521. The average molecular weight is 497 g/mol. The highest BCUT2D eigenvalue weighted by atomic mass is 32.1. The Morgan fingerprint density at radius 1 is 1.00 bits per heavy atom. The summed E-state index contributed by atoms with van der Waals surface area (Å²) in [6, 6.07) is 3.61. The summed E-state index contributed by atoms with van der Waals surface area (Å²) in [4.78, 5) is 17.5. The molecule has 6 nitrogen and oxygen atoms in total. The Bertz CT molecular complexity index is 1140. The summed E-state index contributed by atoms with van der Waals surface area (Å²) < 4.78 is 1.86. The van der Waals surface area contributed by atoms with Crippen LogP contribution in [0.25, 0.3) is 22.3 Å². The van der Waals surface area contributed by atoms with E-state index in [0.29, 0.717) is 12.0 Å². The first kappa shape index (κ1) is 23.0. The lowest BCUT2D eigenvalue weighted by molar-refractivity contribution is 0.0878. The van der Waals surface area contributed by atoms with Gasteiger partial charge in [-0.3, -0.25) is 13.8 Å². The predicted molar refractivity (Wildman–Crippen MR) is 144 cm³/mol. The van der Waals surface area contributed by atoms with E-state index in [1.165, 1.54) is 87.2 Å². The van der Waals surface area contributed by atoms with E-state index in [9.17, 15) is 0 Å². The Hall–Kier alpha value is -1.45. The van der Waals surface area contributed by atoms with Gasteiger partial charge >= 0.3 is 0 Å². The molecule has 0 N–H and O–H groups in total. The molecule has 8 heteroatoms. The number of aromatic nitrogens is 3. The van der Waals surface area contributed by atoms with Gasteiger partial charge in [-0.15, -0.1) is 11.3 Å². The first-order valence-corrected chi connectivity index (χ1v) is 14.1. The fourth-order valence-corrected chi connectivity index (χ4v) is 7.58. The fourth-order valence-electron chi connectivity index (χ4n) is 6.28. The van der Waals surface area contributed by atoms with Crippen LogP contribution in [0.4, 0.5) is 0 Å². The molecule has 3 fully saturated rings. The van der Waals surface area contributed by atoms with Gasteiger partial charge in [-0.1, -0.05) is 12.8 Å². The molecule has 1 atom stereocenters. The minimum atomic E-state index is 0.465. The lowest BCUT2D eigenvalue weighted by Gasteiger charge is -2.41. The summed E-state index contributed by atoms with van der Waals surface area (Å²) in [6.07, 6.45) is 11.8. The van der Waals surface area contributed by atoms with Gasteiger partial charge in [-0.25, -0.2) is 9.97 Å². The van der Waals surface area contributed by atoms with Crippen LogP contribution in [0.2, 0.25) is 0 Å². The SMILES string of the molecule is CN1CCN([C@H]2CC[C@@H](c3cnc4c(c3)c(-c3csc(C5CCCN5C)n3)cn4S)CC2)CC1. The minimum Gasteiger partial charge on any atom is -0.304 e. The van der Waals surface area contributed by atoms with Crippen molar-refractivity contribution in [2.24, 2.45) is 0 Å². The van der Waals surface area contributed by atoms with Crippen LogP contribution in [-0.4, -0.2) is 81.5 Å². The molecule has 182 valence electrons. The highest BCUT2D eigenvalue weighted by Crippen LogP contribution is 2.39. The van der Waals surface area contributed by atoms with E-state index in [1.807, 2.05) is 3.97 Å². The number of likely N-dealkylation sites (tertiary alicyclic amines) is 1. The number of hydrogen-bond acceptors (Lipinski definition) is 7. The maximum Gasteiger partial charge on any atom is 0.150 e. The third kappa shape index (κ3) is 4.32. The average Bonchev–Trinajstić information content (AvgIpc) is 3.58. The van der Waals surface area contributed by atoms with Crippen molar-refractivity contribution in [2.75, 3.05) is 46.8 Å². The Kier molecular flexibility index (Phi) is 6.45. The van der Waals surface area contributed by atoms with Gasteiger partial charge in [-0.05, 0) is 76.7 Å². The van der Waals surface area contributed by atoms with E-state index in [4.69, 9.17) is 9.97 Å². The molecule has 6 rings (SSSR count). The van der Waals surface area contributed by atoms with Crippen molar-refractivity contribution in [2.45, 2.75) is 56.5 Å². The van der Waals surface area contributed by atoms with Crippen molar-refractivity contribution in [1.29, 1.82) is 0 Å². The number of thiazole rings is 1. The van der Waals surface area contributed by atoms with E-state index in [2.05, 4.69) is 65.5 Å². The van der Waals surface area contributed by atoms with Crippen LogP contribution in [0.3, 0.4) is 0 Å². The predicted octanol–water partition coefficient (Wildman–Crippen LogP) is 4.89. The van der Waals surface area contributed by atoms with Crippen molar-refractivity contribution in [3.63, 3.8) is 0 Å². The number of rotatable bonds is 4. The molecule has 3 aromatic rings. The van der Waals surface area contributed by atoms with Crippen molar-refractivity contribution in [1.82, 2.24) is 28.6 Å². The molecule has 5 heterocycles. The zero-order valence-electron chi connectivity index (χ0n) is 20.4. The summed E-state index contributed by atoms with van der Waals surface area (Å²) in [5.41, 5.74) is 4.54. The zero-order valence-corrected chi connectivity index (χ0v) is 22.1. The second kappa shape index (κ2) is 9.54. The molecule has 0 amide bonds. The van der Waals surface area contributed by atoms with E-state index in [1.54, 1.807) is 11.3 Å². The molecule has 1 saturated carbocycles.